The summed E-state index contributed by atoms with van der Waals surface area (Å²) < 4.78 is 8.70. The van der Waals surface area contributed by atoms with Crippen molar-refractivity contribution in [3.8, 4) is 12.1 Å². The Kier molecular flexibility index (Phi) is 7.14. The number of carbonyl (C=O) groups excluding carboxylic acids is 2. The van der Waals surface area contributed by atoms with Crippen LogP contribution in [0.3, 0.4) is 0 Å². The van der Waals surface area contributed by atoms with Crippen LogP contribution >= 0.6 is 0 Å². The van der Waals surface area contributed by atoms with Crippen molar-refractivity contribution in [2.45, 2.75) is 32.1 Å². The van der Waals surface area contributed by atoms with Crippen molar-refractivity contribution in [3.63, 3.8) is 0 Å². The van der Waals surface area contributed by atoms with Gasteiger partial charge < -0.3 is 9.47 Å². The van der Waals surface area contributed by atoms with Gasteiger partial charge in [0.05, 0.1) is 26.4 Å². The molecule has 0 aromatic rings. The van der Waals surface area contributed by atoms with Gasteiger partial charge in [0.15, 0.2) is 5.41 Å². The average molecular weight is 252 g/mol. The van der Waals surface area contributed by atoms with Crippen molar-refractivity contribution < 1.29 is 19.1 Å². The largest absolute Gasteiger partial charge is 0.468 e. The van der Waals surface area contributed by atoms with Crippen LogP contribution in [0.25, 0.3) is 0 Å². The highest BCUT2D eigenvalue weighted by atomic mass is 16.5. The molecule has 0 aromatic heterocycles. The molecule has 6 nitrogen and oxygen atoms in total. The van der Waals surface area contributed by atoms with E-state index < -0.39 is 11.4 Å². The Morgan fingerprint density at radius 1 is 1.17 bits per heavy atom. The molecule has 0 atom stereocenters. The van der Waals surface area contributed by atoms with E-state index in [4.69, 9.17) is 10.5 Å². The van der Waals surface area contributed by atoms with Crippen LogP contribution in [0.15, 0.2) is 0 Å². The van der Waals surface area contributed by atoms with Gasteiger partial charge in [0, 0.05) is 0 Å². The molecule has 1 aliphatic carbocycles. The summed E-state index contributed by atoms with van der Waals surface area (Å²) in [5.41, 5.74) is -0.811. The smallest absolute Gasteiger partial charge is 0.326 e. The molecule has 0 unspecified atom stereocenters. The standard InChI is InChI=1S/C8H11NO2.C4H5NO2/c1-11-7(10)8(6-9)4-2-3-5-8;1-7-4(6)2-3-5/h2-5H2,1H3;2H2,1H3. The lowest BCUT2D eigenvalue weighted by atomic mass is 9.88. The summed E-state index contributed by atoms with van der Waals surface area (Å²) >= 11 is 0. The van der Waals surface area contributed by atoms with E-state index in [2.05, 4.69) is 15.5 Å². The second-order valence-electron chi connectivity index (χ2n) is 3.80. The third kappa shape index (κ3) is 4.42. The molecular formula is C12H16N2O4. The van der Waals surface area contributed by atoms with Gasteiger partial charge in [0.25, 0.3) is 0 Å². The van der Waals surface area contributed by atoms with Gasteiger partial charge in [-0.05, 0) is 12.8 Å². The first-order valence-electron chi connectivity index (χ1n) is 5.49. The minimum Gasteiger partial charge on any atom is -0.468 e. The van der Waals surface area contributed by atoms with E-state index in [-0.39, 0.29) is 12.4 Å². The van der Waals surface area contributed by atoms with Gasteiger partial charge in [-0.2, -0.15) is 10.5 Å². The summed E-state index contributed by atoms with van der Waals surface area (Å²) in [4.78, 5) is 21.1. The van der Waals surface area contributed by atoms with E-state index in [0.717, 1.165) is 12.8 Å². The molecule has 0 heterocycles. The van der Waals surface area contributed by atoms with E-state index in [1.54, 1.807) is 6.07 Å². The van der Waals surface area contributed by atoms with E-state index in [1.165, 1.54) is 14.2 Å². The van der Waals surface area contributed by atoms with Crippen molar-refractivity contribution in [1.82, 2.24) is 0 Å². The predicted octanol–water partition coefficient (Wildman–Crippen LogP) is 1.32. The monoisotopic (exact) mass is 252 g/mol. The van der Waals surface area contributed by atoms with Gasteiger partial charge in [0.1, 0.15) is 6.42 Å². The van der Waals surface area contributed by atoms with Gasteiger partial charge in [-0.25, -0.2) is 0 Å². The van der Waals surface area contributed by atoms with Gasteiger partial charge in [-0.1, -0.05) is 12.8 Å². The molecule has 0 N–H and O–H groups in total. The predicted molar refractivity (Wildman–Crippen MR) is 60.8 cm³/mol. The van der Waals surface area contributed by atoms with E-state index in [9.17, 15) is 9.59 Å². The molecule has 0 saturated heterocycles. The molecule has 1 saturated carbocycles. The Balaban J connectivity index is 0.000000360. The highest BCUT2D eigenvalue weighted by molar-refractivity contribution is 5.80. The van der Waals surface area contributed by atoms with Crippen LogP contribution in [0.5, 0.6) is 0 Å². The number of carbonyl (C=O) groups is 2. The molecule has 1 fully saturated rings. The number of nitriles is 2. The first kappa shape index (κ1) is 15.9. The van der Waals surface area contributed by atoms with Gasteiger partial charge in [0.2, 0.25) is 0 Å². The first-order chi connectivity index (χ1) is 8.56. The number of nitrogens with zero attached hydrogens (tertiary/aromatic N) is 2. The van der Waals surface area contributed by atoms with Crippen molar-refractivity contribution >= 4 is 11.9 Å². The van der Waals surface area contributed by atoms with Crippen molar-refractivity contribution in [2.24, 2.45) is 5.41 Å². The number of methoxy groups -OCH3 is 2. The number of hydrogen-bond donors (Lipinski definition) is 0. The van der Waals surface area contributed by atoms with E-state index in [0.29, 0.717) is 12.8 Å². The Bertz CT molecular complexity index is 373. The van der Waals surface area contributed by atoms with Crippen LogP contribution in [0.2, 0.25) is 0 Å². The first-order valence-corrected chi connectivity index (χ1v) is 5.49. The van der Waals surface area contributed by atoms with Crippen molar-refractivity contribution in [2.75, 3.05) is 14.2 Å². The lowest BCUT2D eigenvalue weighted by molar-refractivity contribution is -0.149. The Morgan fingerprint density at radius 3 is 2.00 bits per heavy atom. The van der Waals surface area contributed by atoms with Crippen LogP contribution in [-0.2, 0) is 19.1 Å². The topological polar surface area (TPSA) is 100 Å². The van der Waals surface area contributed by atoms with E-state index >= 15 is 0 Å². The van der Waals surface area contributed by atoms with Crippen molar-refractivity contribution in [3.05, 3.63) is 0 Å². The molecule has 0 spiro atoms. The minimum absolute atomic E-state index is 0.156. The normalized spacial score (nSPS) is 15.3. The number of ether oxygens (including phenoxy) is 2. The fraction of sp³-hybridized carbons (Fsp3) is 0.667. The Hall–Kier alpha value is -2.08. The average Bonchev–Trinajstić information content (AvgIpc) is 2.88. The Labute approximate surface area is 106 Å². The Morgan fingerprint density at radius 2 is 1.72 bits per heavy atom. The van der Waals surface area contributed by atoms with Crippen LogP contribution in [0.4, 0.5) is 0 Å². The zero-order valence-electron chi connectivity index (χ0n) is 10.6. The van der Waals surface area contributed by atoms with Gasteiger partial charge in [-0.15, -0.1) is 0 Å². The van der Waals surface area contributed by atoms with Gasteiger partial charge >= 0.3 is 11.9 Å². The van der Waals surface area contributed by atoms with Crippen LogP contribution in [0, 0.1) is 28.1 Å². The highest BCUT2D eigenvalue weighted by Gasteiger charge is 2.42. The zero-order valence-corrected chi connectivity index (χ0v) is 10.6. The maximum absolute atomic E-state index is 11.1. The summed E-state index contributed by atoms with van der Waals surface area (Å²) in [6.45, 7) is 0. The second-order valence-corrected chi connectivity index (χ2v) is 3.80. The molecule has 6 heteroatoms. The zero-order chi connectivity index (χ0) is 14.0. The summed E-state index contributed by atoms with van der Waals surface area (Å²) in [6.07, 6.45) is 3.09. The maximum Gasteiger partial charge on any atom is 0.326 e. The van der Waals surface area contributed by atoms with Crippen LogP contribution in [-0.4, -0.2) is 26.2 Å². The van der Waals surface area contributed by atoms with Crippen LogP contribution < -0.4 is 0 Å². The molecule has 1 aliphatic rings. The van der Waals surface area contributed by atoms with Crippen molar-refractivity contribution in [1.29, 1.82) is 10.5 Å². The molecule has 0 amide bonds. The van der Waals surface area contributed by atoms with Crippen LogP contribution in [0.1, 0.15) is 32.1 Å². The summed E-state index contributed by atoms with van der Waals surface area (Å²) in [7, 11) is 2.58. The SMILES string of the molecule is COC(=O)C1(C#N)CCCC1.COC(=O)CC#N. The lowest BCUT2D eigenvalue weighted by Gasteiger charge is -2.15. The molecular weight excluding hydrogens is 236 g/mol. The molecule has 18 heavy (non-hydrogen) atoms. The minimum atomic E-state index is -0.811. The number of rotatable bonds is 2. The maximum atomic E-state index is 11.1. The third-order valence-corrected chi connectivity index (χ3v) is 2.70. The number of esters is 2. The highest BCUT2D eigenvalue weighted by Crippen LogP contribution is 2.38. The summed E-state index contributed by atoms with van der Waals surface area (Å²) in [5, 5.41) is 16.6. The molecule has 1 rings (SSSR count). The lowest BCUT2D eigenvalue weighted by Crippen LogP contribution is -2.27. The summed E-state index contributed by atoms with van der Waals surface area (Å²) in [5.74, 6) is -0.847. The molecule has 0 aromatic carbocycles. The summed E-state index contributed by atoms with van der Waals surface area (Å²) in [6, 6.07) is 3.70. The quantitative estimate of drug-likeness (QED) is 0.687. The number of hydrogen-bond acceptors (Lipinski definition) is 6. The fourth-order valence-electron chi connectivity index (χ4n) is 1.67. The third-order valence-electron chi connectivity index (χ3n) is 2.70. The molecule has 98 valence electrons. The fourth-order valence-corrected chi connectivity index (χ4v) is 1.67. The van der Waals surface area contributed by atoms with E-state index in [1.807, 2.05) is 0 Å². The second kappa shape index (κ2) is 8.08. The molecule has 0 bridgehead atoms. The van der Waals surface area contributed by atoms with Gasteiger partial charge in [-0.3, -0.25) is 9.59 Å². The molecule has 0 radical (unpaired) electrons. The molecule has 0 aliphatic heterocycles.